The minimum absolute atomic E-state index is 0.168. The minimum atomic E-state index is -5.08. The molecule has 0 bridgehead atoms. The molecular formula is C23H32F9N3O8S. The van der Waals surface area contributed by atoms with Gasteiger partial charge in [0, 0.05) is 50.7 Å². The summed E-state index contributed by atoms with van der Waals surface area (Å²) >= 11 is 1.84. The minimum Gasteiger partial charge on any atom is -0.475 e. The van der Waals surface area contributed by atoms with Gasteiger partial charge in [-0.1, -0.05) is 6.07 Å². The van der Waals surface area contributed by atoms with Gasteiger partial charge in [0.1, 0.15) is 5.60 Å². The first kappa shape index (κ1) is 41.3. The number of nitrogens with zero attached hydrogens (tertiary/aromatic N) is 3. The Bertz CT molecular complexity index is 951. The maximum atomic E-state index is 10.6. The van der Waals surface area contributed by atoms with Crippen molar-refractivity contribution < 1.29 is 78.7 Å². The molecule has 0 aliphatic carbocycles. The van der Waals surface area contributed by atoms with Crippen LogP contribution in [0.15, 0.2) is 17.5 Å². The van der Waals surface area contributed by atoms with E-state index in [0.29, 0.717) is 6.61 Å². The Labute approximate surface area is 249 Å². The van der Waals surface area contributed by atoms with E-state index in [-0.39, 0.29) is 5.60 Å². The first-order chi connectivity index (χ1) is 20.0. The molecule has 11 nitrogen and oxygen atoms in total. The van der Waals surface area contributed by atoms with Crippen molar-refractivity contribution >= 4 is 29.2 Å². The van der Waals surface area contributed by atoms with Crippen molar-refractivity contribution in [3.63, 3.8) is 0 Å². The highest BCUT2D eigenvalue weighted by atomic mass is 32.1. The third-order valence-electron chi connectivity index (χ3n) is 5.31. The highest BCUT2D eigenvalue weighted by molar-refractivity contribution is 7.09. The molecule has 44 heavy (non-hydrogen) atoms. The second kappa shape index (κ2) is 18.3. The van der Waals surface area contributed by atoms with Gasteiger partial charge in [-0.3, -0.25) is 9.80 Å². The first-order valence-electron chi connectivity index (χ1n) is 12.2. The average molecular weight is 682 g/mol. The van der Waals surface area contributed by atoms with Crippen molar-refractivity contribution in [3.05, 3.63) is 22.4 Å². The van der Waals surface area contributed by atoms with Gasteiger partial charge in [-0.25, -0.2) is 14.4 Å². The number of carboxylic acids is 3. The van der Waals surface area contributed by atoms with Crippen molar-refractivity contribution in [2.24, 2.45) is 0 Å². The Balaban J connectivity index is 0.000000721. The summed E-state index contributed by atoms with van der Waals surface area (Å²) in [5, 5.41) is 23.5. The monoisotopic (exact) mass is 681 g/mol. The summed E-state index contributed by atoms with van der Waals surface area (Å²) in [6.45, 7) is 9.46. The van der Waals surface area contributed by atoms with Crippen molar-refractivity contribution in [3.8, 4) is 0 Å². The van der Waals surface area contributed by atoms with Crippen LogP contribution in [-0.2, 0) is 30.4 Å². The fourth-order valence-corrected chi connectivity index (χ4v) is 4.13. The van der Waals surface area contributed by atoms with Gasteiger partial charge in [0.05, 0.1) is 19.8 Å². The summed E-state index contributed by atoms with van der Waals surface area (Å²) in [5.41, 5.74) is -0.168. The van der Waals surface area contributed by atoms with Crippen LogP contribution in [0.2, 0.25) is 0 Å². The van der Waals surface area contributed by atoms with Crippen molar-refractivity contribution in [2.45, 2.75) is 30.7 Å². The molecule has 0 radical (unpaired) electrons. The Morgan fingerprint density at radius 2 is 1.32 bits per heavy atom. The Morgan fingerprint density at radius 3 is 1.73 bits per heavy atom. The molecule has 1 atom stereocenters. The van der Waals surface area contributed by atoms with E-state index in [4.69, 9.17) is 39.2 Å². The summed E-state index contributed by atoms with van der Waals surface area (Å²) in [6, 6.07) is 4.35. The van der Waals surface area contributed by atoms with Crippen LogP contribution in [0.25, 0.3) is 0 Å². The summed E-state index contributed by atoms with van der Waals surface area (Å²) in [5.74, 6) is -8.27. The molecule has 3 N–H and O–H groups in total. The molecule has 3 rings (SSSR count). The van der Waals surface area contributed by atoms with Crippen LogP contribution in [-0.4, -0.2) is 145 Å². The van der Waals surface area contributed by atoms with Gasteiger partial charge in [-0.2, -0.15) is 39.5 Å². The SMILES string of the molecule is CN(C)CCN1CCOCC2(C1)CN(Cc1cccs1)CCO2.O=C(O)C(F)(F)F.O=C(O)C(F)(F)F.O=C(O)C(F)(F)F. The molecule has 2 aliphatic rings. The van der Waals surface area contributed by atoms with Crippen LogP contribution < -0.4 is 0 Å². The number of ether oxygens (including phenoxy) is 2. The van der Waals surface area contributed by atoms with Gasteiger partial charge in [0.2, 0.25) is 0 Å². The lowest BCUT2D eigenvalue weighted by molar-refractivity contribution is -0.193. The van der Waals surface area contributed by atoms with E-state index in [9.17, 15) is 39.5 Å². The van der Waals surface area contributed by atoms with Crippen molar-refractivity contribution in [1.29, 1.82) is 0 Å². The van der Waals surface area contributed by atoms with Crippen LogP contribution in [0, 0.1) is 0 Å². The fourth-order valence-electron chi connectivity index (χ4n) is 3.38. The van der Waals surface area contributed by atoms with E-state index in [0.717, 1.165) is 59.0 Å². The van der Waals surface area contributed by atoms with Crippen LogP contribution >= 0.6 is 11.3 Å². The lowest BCUT2D eigenvalue weighted by atomic mass is 10.0. The molecule has 0 aromatic carbocycles. The summed E-state index contributed by atoms with van der Waals surface area (Å²) in [7, 11) is 4.26. The number of rotatable bonds is 5. The molecule has 0 saturated carbocycles. The lowest BCUT2D eigenvalue weighted by Gasteiger charge is -2.43. The fraction of sp³-hybridized carbons (Fsp3) is 0.696. The Hall–Kier alpha value is -2.72. The molecule has 21 heteroatoms. The number of morpholine rings is 1. The largest absolute Gasteiger partial charge is 0.490 e. The van der Waals surface area contributed by atoms with Gasteiger partial charge in [0.15, 0.2) is 0 Å². The zero-order valence-corrected chi connectivity index (χ0v) is 24.2. The number of carbonyl (C=O) groups is 3. The average Bonchev–Trinajstić information content (AvgIpc) is 3.30. The van der Waals surface area contributed by atoms with Gasteiger partial charge >= 0.3 is 36.4 Å². The highest BCUT2D eigenvalue weighted by Gasteiger charge is 2.41. The Morgan fingerprint density at radius 1 is 0.864 bits per heavy atom. The lowest BCUT2D eigenvalue weighted by Crippen LogP contribution is -2.58. The van der Waals surface area contributed by atoms with Gasteiger partial charge in [0.25, 0.3) is 0 Å². The number of likely N-dealkylation sites (N-methyl/N-ethyl adjacent to an activating group) is 1. The predicted octanol–water partition coefficient (Wildman–Crippen LogP) is 3.11. The maximum Gasteiger partial charge on any atom is 0.490 e. The zero-order chi connectivity index (χ0) is 34.4. The summed E-state index contributed by atoms with van der Waals surface area (Å²) < 4.78 is 107. The highest BCUT2D eigenvalue weighted by Crippen LogP contribution is 2.24. The Kier molecular flexibility index (Phi) is 17.2. The molecule has 2 fully saturated rings. The topological polar surface area (TPSA) is 140 Å². The normalized spacial score (nSPS) is 19.8. The van der Waals surface area contributed by atoms with Crippen LogP contribution in [0.3, 0.4) is 0 Å². The molecular weight excluding hydrogens is 649 g/mol. The van der Waals surface area contributed by atoms with Crippen LogP contribution in [0.5, 0.6) is 0 Å². The third kappa shape index (κ3) is 18.2. The van der Waals surface area contributed by atoms with E-state index in [1.807, 2.05) is 11.3 Å². The molecule has 3 heterocycles. The smallest absolute Gasteiger partial charge is 0.475 e. The molecule has 1 unspecified atom stereocenters. The number of hydrogen-bond acceptors (Lipinski definition) is 9. The molecule has 2 aliphatic heterocycles. The number of thiophene rings is 1. The van der Waals surface area contributed by atoms with Crippen molar-refractivity contribution in [2.75, 3.05) is 73.2 Å². The van der Waals surface area contributed by atoms with Gasteiger partial charge in [-0.15, -0.1) is 11.3 Å². The van der Waals surface area contributed by atoms with Gasteiger partial charge in [-0.05, 0) is 25.5 Å². The molecule has 1 aromatic heterocycles. The third-order valence-corrected chi connectivity index (χ3v) is 6.17. The summed E-state index contributed by atoms with van der Waals surface area (Å²) in [4.78, 5) is 35.4. The molecule has 1 spiro atoms. The van der Waals surface area contributed by atoms with E-state index >= 15 is 0 Å². The molecule has 1 aromatic rings. The zero-order valence-electron chi connectivity index (χ0n) is 23.3. The standard InChI is InChI=1S/C17H29N3O2S.3C2HF3O2/c1-18(2)5-6-19-7-9-21-15-17(13-19)14-20(8-10-22-17)12-16-4-3-11-23-16;3*3-2(4,5)1(6)7/h3-4,11H,5-10,12-15H2,1-2H3;3*(H,6,7). The molecule has 2 saturated heterocycles. The number of alkyl halides is 9. The number of hydrogen-bond donors (Lipinski definition) is 3. The van der Waals surface area contributed by atoms with Crippen molar-refractivity contribution in [1.82, 2.24) is 14.7 Å². The quantitative estimate of drug-likeness (QED) is 0.395. The van der Waals surface area contributed by atoms with Crippen LogP contribution in [0.4, 0.5) is 39.5 Å². The number of aliphatic carboxylic acids is 3. The number of carboxylic acid groups (broad SMARTS) is 3. The van der Waals surface area contributed by atoms with E-state index < -0.39 is 36.4 Å². The predicted molar refractivity (Wildman–Crippen MR) is 135 cm³/mol. The van der Waals surface area contributed by atoms with E-state index in [1.165, 1.54) is 4.88 Å². The molecule has 256 valence electrons. The summed E-state index contributed by atoms with van der Waals surface area (Å²) in [6.07, 6.45) is -15.3. The maximum absolute atomic E-state index is 10.6. The number of halogens is 9. The second-order valence-electron chi connectivity index (χ2n) is 9.36. The van der Waals surface area contributed by atoms with E-state index in [2.05, 4.69) is 46.3 Å². The first-order valence-corrected chi connectivity index (χ1v) is 13.1. The van der Waals surface area contributed by atoms with Gasteiger partial charge < -0.3 is 29.7 Å². The molecule has 0 amide bonds. The van der Waals surface area contributed by atoms with E-state index in [1.54, 1.807) is 0 Å². The van der Waals surface area contributed by atoms with Crippen LogP contribution in [0.1, 0.15) is 4.88 Å². The second-order valence-corrected chi connectivity index (χ2v) is 10.4.